The molecule has 6 nitrogen and oxygen atoms in total. The summed E-state index contributed by atoms with van der Waals surface area (Å²) in [5, 5.41) is 16.9. The van der Waals surface area contributed by atoms with Gasteiger partial charge >= 0.3 is 0 Å². The minimum absolute atomic E-state index is 0.00642. The lowest BCUT2D eigenvalue weighted by molar-refractivity contribution is 0.152. The number of nitrogens with zero attached hydrogens (tertiary/aromatic N) is 3. The molecule has 47 heavy (non-hydrogen) atoms. The number of hydrogen-bond donors (Lipinski definition) is 3. The van der Waals surface area contributed by atoms with Crippen LogP contribution in [0.15, 0.2) is 74.2 Å². The number of hydrogen-bond acceptors (Lipinski definition) is 6. The standard InChI is InChI=1S/C32H28B2ClF6N5O/c1-5-42-28(22-11-17(36)7-8-23(22)35)27-16(3)29(46(6-2)32(33,34)47)25(45(4)15-26(38)39)14-24(27)44-31-21-13-18(37)12-20(30(40)41)19(21)9-10-43-31/h5-14,26,28,30,42,47H,1-2,15H2,3-4H3,(H,43,44). The first-order valence-corrected chi connectivity index (χ1v) is 14.3. The SMILES string of the molecule is [B]C([B])(O)N(C=C)c1c(N(C)CC(F)F)cc(Nc2nccc3c(C(F)F)cc(F)cc23)c(C(NC=C)c2cc(F)ccc2Cl)c1C. The first kappa shape index (κ1) is 35.6. The number of anilines is 4. The van der Waals surface area contributed by atoms with Crippen LogP contribution in [-0.2, 0) is 0 Å². The van der Waals surface area contributed by atoms with E-state index in [0.29, 0.717) is 0 Å². The maximum atomic E-state index is 14.6. The van der Waals surface area contributed by atoms with Crippen molar-refractivity contribution in [2.45, 2.75) is 31.3 Å². The van der Waals surface area contributed by atoms with Crippen LogP contribution in [0.4, 0.5) is 49.2 Å². The number of benzene rings is 3. The fraction of sp³-hybridized carbons (Fsp3) is 0.219. The van der Waals surface area contributed by atoms with Gasteiger partial charge in [0, 0.05) is 46.0 Å². The van der Waals surface area contributed by atoms with Crippen molar-refractivity contribution in [3.8, 4) is 0 Å². The monoisotopic (exact) mass is 669 g/mol. The third-order valence-electron chi connectivity index (χ3n) is 7.41. The summed E-state index contributed by atoms with van der Waals surface area (Å²) in [5.41, 5.74) is -2.28. The molecule has 0 bridgehead atoms. The number of alkyl halides is 4. The highest BCUT2D eigenvalue weighted by Gasteiger charge is 2.32. The lowest BCUT2D eigenvalue weighted by Crippen LogP contribution is -2.48. The molecule has 3 N–H and O–H groups in total. The zero-order chi connectivity index (χ0) is 34.8. The number of pyridine rings is 1. The summed E-state index contributed by atoms with van der Waals surface area (Å²) in [6, 6.07) is 7.04. The van der Waals surface area contributed by atoms with Crippen LogP contribution in [0.1, 0.15) is 34.7 Å². The van der Waals surface area contributed by atoms with Gasteiger partial charge in [-0.15, -0.1) is 0 Å². The van der Waals surface area contributed by atoms with Crippen LogP contribution in [0.5, 0.6) is 0 Å². The molecule has 0 aliphatic rings. The lowest BCUT2D eigenvalue weighted by Gasteiger charge is -2.40. The van der Waals surface area contributed by atoms with Gasteiger partial charge in [-0.05, 0) is 72.7 Å². The normalized spacial score (nSPS) is 12.3. The highest BCUT2D eigenvalue weighted by atomic mass is 35.5. The summed E-state index contributed by atoms with van der Waals surface area (Å²) in [6.07, 6.45) is -2.19. The summed E-state index contributed by atoms with van der Waals surface area (Å²) in [6.45, 7) is 8.16. The fourth-order valence-corrected chi connectivity index (χ4v) is 5.69. The van der Waals surface area contributed by atoms with Crippen LogP contribution in [0, 0.1) is 18.6 Å². The van der Waals surface area contributed by atoms with E-state index in [1.807, 2.05) is 0 Å². The Hall–Kier alpha value is -4.29. The topological polar surface area (TPSA) is 63.7 Å². The third kappa shape index (κ3) is 7.49. The molecule has 0 spiro atoms. The minimum Gasteiger partial charge on any atom is -0.389 e. The largest absolute Gasteiger partial charge is 0.389 e. The van der Waals surface area contributed by atoms with Crippen molar-refractivity contribution < 1.29 is 31.4 Å². The predicted molar refractivity (Wildman–Crippen MR) is 176 cm³/mol. The lowest BCUT2D eigenvalue weighted by atomic mass is 9.71. The number of aromatic nitrogens is 1. The Morgan fingerprint density at radius 1 is 1.02 bits per heavy atom. The molecule has 1 aromatic heterocycles. The first-order chi connectivity index (χ1) is 22.1. The molecular weight excluding hydrogens is 641 g/mol. The van der Waals surface area contributed by atoms with Crippen molar-refractivity contribution in [3.63, 3.8) is 0 Å². The predicted octanol–water partition coefficient (Wildman–Crippen LogP) is 7.57. The summed E-state index contributed by atoms with van der Waals surface area (Å²) in [7, 11) is 13.1. The average molecular weight is 670 g/mol. The Balaban J connectivity index is 2.15. The van der Waals surface area contributed by atoms with Crippen LogP contribution in [0.25, 0.3) is 10.8 Å². The molecular formula is C32H28B2ClF6N5O. The molecule has 0 saturated heterocycles. The quantitative estimate of drug-likeness (QED) is 0.0776. The second kappa shape index (κ2) is 14.2. The minimum atomic E-state index is -3.01. The highest BCUT2D eigenvalue weighted by Crippen LogP contribution is 2.46. The number of halogens is 7. The molecule has 1 atom stereocenters. The van der Waals surface area contributed by atoms with E-state index in [-0.39, 0.29) is 55.4 Å². The number of fused-ring (bicyclic) bond motifs is 1. The van der Waals surface area contributed by atoms with Gasteiger partial charge in [0.1, 0.15) is 33.1 Å². The zero-order valence-corrected chi connectivity index (χ0v) is 26.0. The van der Waals surface area contributed by atoms with Gasteiger partial charge in [0.15, 0.2) is 0 Å². The smallest absolute Gasteiger partial charge is 0.264 e. The van der Waals surface area contributed by atoms with E-state index in [0.717, 1.165) is 35.4 Å². The van der Waals surface area contributed by atoms with Crippen LogP contribution < -0.4 is 20.4 Å². The van der Waals surface area contributed by atoms with Gasteiger partial charge in [-0.2, -0.15) is 0 Å². The van der Waals surface area contributed by atoms with E-state index in [9.17, 15) is 31.4 Å². The van der Waals surface area contributed by atoms with Crippen molar-refractivity contribution >= 4 is 60.9 Å². The fourth-order valence-electron chi connectivity index (χ4n) is 5.46. The average Bonchev–Trinajstić information content (AvgIpc) is 2.98. The summed E-state index contributed by atoms with van der Waals surface area (Å²) in [5.74, 6) is -1.66. The molecule has 4 rings (SSSR count). The van der Waals surface area contributed by atoms with Gasteiger partial charge in [-0.1, -0.05) is 24.8 Å². The molecule has 1 unspecified atom stereocenters. The molecule has 1 heterocycles. The van der Waals surface area contributed by atoms with E-state index < -0.39 is 48.2 Å². The summed E-state index contributed by atoms with van der Waals surface area (Å²) < 4.78 is 84.5. The third-order valence-corrected chi connectivity index (χ3v) is 7.76. The molecule has 0 amide bonds. The molecule has 0 aliphatic carbocycles. The van der Waals surface area contributed by atoms with E-state index >= 15 is 0 Å². The Kier molecular flexibility index (Phi) is 10.8. The second-order valence-corrected chi connectivity index (χ2v) is 11.0. The zero-order valence-electron chi connectivity index (χ0n) is 25.2. The Bertz CT molecular complexity index is 1810. The van der Waals surface area contributed by atoms with E-state index in [1.165, 1.54) is 42.5 Å². The molecule has 15 heteroatoms. The molecule has 0 aliphatic heterocycles. The van der Waals surface area contributed by atoms with Crippen molar-refractivity contribution in [3.05, 3.63) is 113 Å². The van der Waals surface area contributed by atoms with Gasteiger partial charge in [0.25, 0.3) is 12.9 Å². The summed E-state index contributed by atoms with van der Waals surface area (Å²) in [4.78, 5) is 6.39. The van der Waals surface area contributed by atoms with E-state index in [2.05, 4.69) is 28.8 Å². The number of nitrogens with one attached hydrogen (secondary N) is 2. The van der Waals surface area contributed by atoms with Gasteiger partial charge in [0.2, 0.25) is 0 Å². The van der Waals surface area contributed by atoms with Crippen LogP contribution in [-0.4, -0.2) is 51.3 Å². The van der Waals surface area contributed by atoms with Crippen molar-refractivity contribution in [2.24, 2.45) is 0 Å². The Labute approximate surface area is 275 Å². The second-order valence-electron chi connectivity index (χ2n) is 10.6. The van der Waals surface area contributed by atoms with Gasteiger partial charge in [-0.3, -0.25) is 0 Å². The van der Waals surface area contributed by atoms with Gasteiger partial charge < -0.3 is 25.5 Å². The molecule has 0 fully saturated rings. The van der Waals surface area contributed by atoms with E-state index in [4.69, 9.17) is 27.3 Å². The Morgan fingerprint density at radius 3 is 2.30 bits per heavy atom. The molecule has 3 aromatic carbocycles. The highest BCUT2D eigenvalue weighted by molar-refractivity contribution is 6.40. The van der Waals surface area contributed by atoms with Crippen molar-refractivity contribution in [2.75, 3.05) is 28.7 Å². The van der Waals surface area contributed by atoms with Crippen molar-refractivity contribution in [1.29, 1.82) is 0 Å². The Morgan fingerprint density at radius 2 is 1.70 bits per heavy atom. The summed E-state index contributed by atoms with van der Waals surface area (Å²) >= 11 is 6.54. The van der Waals surface area contributed by atoms with Crippen LogP contribution in [0.2, 0.25) is 5.02 Å². The maximum absolute atomic E-state index is 14.6. The van der Waals surface area contributed by atoms with Crippen molar-refractivity contribution in [1.82, 2.24) is 10.3 Å². The molecule has 4 radical (unpaired) electrons. The molecule has 242 valence electrons. The molecule has 4 aromatic rings. The van der Waals surface area contributed by atoms with Crippen LogP contribution >= 0.6 is 11.6 Å². The number of aliphatic hydroxyl groups is 1. The van der Waals surface area contributed by atoms with Gasteiger partial charge in [-0.25, -0.2) is 31.3 Å². The number of rotatable bonds is 13. The van der Waals surface area contributed by atoms with E-state index in [1.54, 1.807) is 6.92 Å². The molecule has 0 saturated carbocycles. The van der Waals surface area contributed by atoms with Crippen LogP contribution in [0.3, 0.4) is 0 Å². The van der Waals surface area contributed by atoms with Gasteiger partial charge in [0.05, 0.1) is 29.5 Å². The maximum Gasteiger partial charge on any atom is 0.264 e. The first-order valence-electron chi connectivity index (χ1n) is 13.9.